The molecule has 0 fully saturated rings. The minimum Gasteiger partial charge on any atom is -0.326 e. The first-order valence-electron chi connectivity index (χ1n) is 31.5. The van der Waals surface area contributed by atoms with Crippen LogP contribution < -0.4 is 14.7 Å². The molecule has 0 radical (unpaired) electrons. The van der Waals surface area contributed by atoms with E-state index in [0.29, 0.717) is 0 Å². The Bertz CT molecular complexity index is 2510. The van der Waals surface area contributed by atoms with Crippen LogP contribution in [-0.4, -0.2) is 54.5 Å². The van der Waals surface area contributed by atoms with Crippen LogP contribution in [0.15, 0.2) is 213 Å². The summed E-state index contributed by atoms with van der Waals surface area (Å²) in [5.41, 5.74) is 9.08. The lowest BCUT2D eigenvalue weighted by Gasteiger charge is -2.30. The molecule has 450 valence electrons. The maximum atomic E-state index is 4.63. The van der Waals surface area contributed by atoms with Crippen molar-refractivity contribution in [1.82, 2.24) is 34.9 Å². The maximum absolute atomic E-state index is 4.63. The molecule has 0 atom stereocenters. The highest BCUT2D eigenvalue weighted by Crippen LogP contribution is 2.34. The third kappa shape index (κ3) is 26.9. The van der Waals surface area contributed by atoms with Crippen LogP contribution in [0.4, 0.5) is 34.8 Å². The van der Waals surface area contributed by atoms with Crippen molar-refractivity contribution in [3.05, 3.63) is 247 Å². The molecule has 10 nitrogen and oxygen atoms in total. The van der Waals surface area contributed by atoms with E-state index in [4.69, 9.17) is 0 Å². The van der Waals surface area contributed by atoms with Gasteiger partial charge in [0.15, 0.2) is 0 Å². The molecular formula is C74H104N10. The standard InChI is InChI=1S/2C15H17N3.C14H16N4.3C6H6.6C2H6/c1-2-14-16-10-9-15(17-14)18-11-5-7-12-6-3-4-8-13(12)18;1-2-13-9-10-16-15(17-13)18-11-5-7-12-6-3-4-8-14(12)18;1-2-13-15-10-16-14(17-13)18-9-5-7-11-6-3-4-8-12(11)18;3*1-2-4-6-5-3-1;6*1-2/h2*3-4,6,8-10H,2,5,7,11H2,1H3;3-4,6,8,10H,2,5,7,9H2,1H3;3*1-6H;6*1-2H3. The number of para-hydroxylation sites is 3. The van der Waals surface area contributed by atoms with Crippen molar-refractivity contribution >= 4 is 34.8 Å². The Hall–Kier alpha value is -8.11. The van der Waals surface area contributed by atoms with Gasteiger partial charge in [0.1, 0.15) is 23.8 Å². The molecule has 0 saturated carbocycles. The zero-order chi connectivity index (χ0) is 61.8. The molecule has 3 aliphatic heterocycles. The van der Waals surface area contributed by atoms with Crippen LogP contribution in [0.5, 0.6) is 0 Å². The fourth-order valence-electron chi connectivity index (χ4n) is 8.45. The molecule has 0 spiro atoms. The minimum atomic E-state index is 0.772. The van der Waals surface area contributed by atoms with Crippen LogP contribution in [0.1, 0.15) is 157 Å². The SMILES string of the molecule is CC.CC.CC.CC.CC.CC.CCc1ccnc(N2CCCc3ccccc32)n1.CCc1nccc(N2CCCc3ccccc32)n1.CCc1ncnc(N2CCCc3ccccc32)n1.c1ccccc1.c1ccccc1.c1ccccc1. The Kier molecular flexibility index (Phi) is 43.5. The highest BCUT2D eigenvalue weighted by molar-refractivity contribution is 5.66. The minimum absolute atomic E-state index is 0.772. The largest absolute Gasteiger partial charge is 0.326 e. The Morgan fingerprint density at radius 3 is 1.02 bits per heavy atom. The Morgan fingerprint density at radius 1 is 0.310 bits per heavy atom. The van der Waals surface area contributed by atoms with E-state index in [1.807, 2.05) is 217 Å². The van der Waals surface area contributed by atoms with Crippen LogP contribution >= 0.6 is 0 Å². The molecule has 12 rings (SSSR count). The highest BCUT2D eigenvalue weighted by atomic mass is 15.3. The van der Waals surface area contributed by atoms with Gasteiger partial charge in [0.2, 0.25) is 11.9 Å². The third-order valence-corrected chi connectivity index (χ3v) is 12.1. The number of aromatic nitrogens is 7. The van der Waals surface area contributed by atoms with E-state index < -0.39 is 0 Å². The van der Waals surface area contributed by atoms with Gasteiger partial charge in [-0.2, -0.15) is 4.98 Å². The smallest absolute Gasteiger partial charge is 0.233 e. The Balaban J connectivity index is 0.000000509. The molecule has 6 heterocycles. The van der Waals surface area contributed by atoms with Crippen molar-refractivity contribution in [1.29, 1.82) is 0 Å². The lowest BCUT2D eigenvalue weighted by Crippen LogP contribution is -2.26. The summed E-state index contributed by atoms with van der Waals surface area (Å²) in [4.78, 5) is 37.7. The molecule has 0 N–H and O–H groups in total. The topological polar surface area (TPSA) is 100.0 Å². The molecule has 0 aliphatic carbocycles. The molecule has 9 aromatic rings. The van der Waals surface area contributed by atoms with Gasteiger partial charge in [0, 0.05) is 67.6 Å². The van der Waals surface area contributed by atoms with Crippen LogP contribution in [0, 0.1) is 0 Å². The van der Waals surface area contributed by atoms with Crippen molar-refractivity contribution in [3.8, 4) is 0 Å². The molecule has 84 heavy (non-hydrogen) atoms. The Morgan fingerprint density at radius 2 is 0.643 bits per heavy atom. The average molecular weight is 1130 g/mol. The van der Waals surface area contributed by atoms with E-state index in [9.17, 15) is 0 Å². The Labute approximate surface area is 510 Å². The summed E-state index contributed by atoms with van der Waals surface area (Å²) in [6.07, 6.45) is 14.9. The van der Waals surface area contributed by atoms with Crippen molar-refractivity contribution in [3.63, 3.8) is 0 Å². The maximum Gasteiger partial charge on any atom is 0.233 e. The van der Waals surface area contributed by atoms with Crippen molar-refractivity contribution in [2.45, 2.75) is 162 Å². The van der Waals surface area contributed by atoms with Gasteiger partial charge in [0.25, 0.3) is 0 Å². The fraction of sp³-hybridized carbons (Fsp3) is 0.365. The molecule has 0 unspecified atom stereocenters. The van der Waals surface area contributed by atoms with Gasteiger partial charge in [-0.25, -0.2) is 29.9 Å². The third-order valence-electron chi connectivity index (χ3n) is 12.1. The summed E-state index contributed by atoms with van der Waals surface area (Å²) in [5, 5.41) is 0. The van der Waals surface area contributed by atoms with Gasteiger partial charge in [-0.05, 0) is 92.0 Å². The number of nitrogens with zero attached hydrogens (tertiary/aromatic N) is 10. The van der Waals surface area contributed by atoms with Gasteiger partial charge in [-0.1, -0.05) is 268 Å². The summed E-state index contributed by atoms with van der Waals surface area (Å²) in [6, 6.07) is 65.6. The molecular weight excluding hydrogens is 1030 g/mol. The van der Waals surface area contributed by atoms with Gasteiger partial charge in [0.05, 0.1) is 0 Å². The van der Waals surface area contributed by atoms with E-state index in [2.05, 4.69) is 143 Å². The summed E-state index contributed by atoms with van der Waals surface area (Å²) in [5.74, 6) is 4.39. The van der Waals surface area contributed by atoms with Crippen molar-refractivity contribution in [2.75, 3.05) is 34.3 Å². The van der Waals surface area contributed by atoms with Crippen molar-refractivity contribution in [2.24, 2.45) is 0 Å². The van der Waals surface area contributed by atoms with Crippen LogP contribution in [0.3, 0.4) is 0 Å². The summed E-state index contributed by atoms with van der Waals surface area (Å²) >= 11 is 0. The molecule has 0 bridgehead atoms. The average Bonchev–Trinajstić information content (AvgIpc) is 3.70. The first kappa shape index (κ1) is 73.9. The normalized spacial score (nSPS) is 11.4. The summed E-state index contributed by atoms with van der Waals surface area (Å²) in [6.45, 7) is 33.3. The predicted molar refractivity (Wildman–Crippen MR) is 365 cm³/mol. The molecule has 0 saturated heterocycles. The second-order valence-corrected chi connectivity index (χ2v) is 17.1. The monoisotopic (exact) mass is 1130 g/mol. The van der Waals surface area contributed by atoms with Crippen LogP contribution in [0.25, 0.3) is 0 Å². The number of hydrogen-bond acceptors (Lipinski definition) is 10. The number of hydrogen-bond donors (Lipinski definition) is 0. The number of aryl methyl sites for hydroxylation is 6. The highest BCUT2D eigenvalue weighted by Gasteiger charge is 2.22. The first-order valence-corrected chi connectivity index (χ1v) is 31.5. The zero-order valence-corrected chi connectivity index (χ0v) is 54.2. The quantitative estimate of drug-likeness (QED) is 0.160. The molecule has 0 amide bonds. The molecule has 3 aliphatic rings. The van der Waals surface area contributed by atoms with E-state index >= 15 is 0 Å². The summed E-state index contributed by atoms with van der Waals surface area (Å²) in [7, 11) is 0. The first-order chi connectivity index (χ1) is 41.6. The number of anilines is 6. The zero-order valence-electron chi connectivity index (χ0n) is 54.2. The van der Waals surface area contributed by atoms with Crippen molar-refractivity contribution < 1.29 is 0 Å². The van der Waals surface area contributed by atoms with Gasteiger partial charge in [-0.3, -0.25) is 0 Å². The molecule has 10 heteroatoms. The van der Waals surface area contributed by atoms with E-state index in [1.165, 1.54) is 46.6 Å². The molecule has 6 aromatic carbocycles. The van der Waals surface area contributed by atoms with Crippen LogP contribution in [0.2, 0.25) is 0 Å². The number of benzene rings is 6. The van der Waals surface area contributed by atoms with E-state index in [1.54, 1.807) is 6.33 Å². The van der Waals surface area contributed by atoms with Gasteiger partial charge < -0.3 is 14.7 Å². The molecule has 3 aromatic heterocycles. The number of rotatable bonds is 6. The lowest BCUT2D eigenvalue weighted by atomic mass is 10.0. The lowest BCUT2D eigenvalue weighted by molar-refractivity contribution is 0.740. The second-order valence-electron chi connectivity index (χ2n) is 17.1. The van der Waals surface area contributed by atoms with E-state index in [-0.39, 0.29) is 0 Å². The van der Waals surface area contributed by atoms with E-state index in [0.717, 1.165) is 99.6 Å². The summed E-state index contributed by atoms with van der Waals surface area (Å²) < 4.78 is 0. The van der Waals surface area contributed by atoms with Crippen LogP contribution in [-0.2, 0) is 38.5 Å². The fourth-order valence-corrected chi connectivity index (χ4v) is 8.45. The van der Waals surface area contributed by atoms with Gasteiger partial charge >= 0.3 is 0 Å². The predicted octanol–water partition coefficient (Wildman–Crippen LogP) is 20.0. The van der Waals surface area contributed by atoms with Gasteiger partial charge in [-0.15, -0.1) is 0 Å². The second kappa shape index (κ2) is 49.5. The number of fused-ring (bicyclic) bond motifs is 3.